The van der Waals surface area contributed by atoms with Gasteiger partial charge >= 0.3 is 0 Å². The maximum atomic E-state index is 5.63. The van der Waals surface area contributed by atoms with Crippen molar-refractivity contribution in [3.05, 3.63) is 35.9 Å². The first-order chi connectivity index (χ1) is 9.29. The third kappa shape index (κ3) is 2.05. The molecule has 1 fully saturated rings. The van der Waals surface area contributed by atoms with Gasteiger partial charge in [0, 0.05) is 33.7 Å². The summed E-state index contributed by atoms with van der Waals surface area (Å²) >= 11 is 0. The van der Waals surface area contributed by atoms with Crippen molar-refractivity contribution < 1.29 is 9.47 Å². The van der Waals surface area contributed by atoms with Gasteiger partial charge in [-0.25, -0.2) is 0 Å². The van der Waals surface area contributed by atoms with E-state index in [2.05, 4.69) is 29.2 Å². The molecule has 0 aliphatic carbocycles. The van der Waals surface area contributed by atoms with Crippen LogP contribution in [0, 0.1) is 0 Å². The number of aliphatic imine (C=N–C) groups is 1. The van der Waals surface area contributed by atoms with Crippen molar-refractivity contribution in [1.29, 1.82) is 0 Å². The molecule has 0 radical (unpaired) electrons. The zero-order chi connectivity index (χ0) is 13.3. The lowest BCUT2D eigenvalue weighted by Gasteiger charge is -2.39. The van der Waals surface area contributed by atoms with Crippen LogP contribution in [0.2, 0.25) is 0 Å². The highest BCUT2D eigenvalue weighted by atomic mass is 16.7. The molecule has 0 bridgehead atoms. The maximum absolute atomic E-state index is 5.63. The number of hydrogen-bond acceptors (Lipinski definition) is 4. The first-order valence-electron chi connectivity index (χ1n) is 6.77. The second-order valence-corrected chi connectivity index (χ2v) is 5.09. The van der Waals surface area contributed by atoms with Crippen LogP contribution in [-0.2, 0) is 9.47 Å². The summed E-state index contributed by atoms with van der Waals surface area (Å²) in [5.74, 6) is 0.305. The van der Waals surface area contributed by atoms with Gasteiger partial charge < -0.3 is 14.4 Å². The van der Waals surface area contributed by atoms with E-state index < -0.39 is 5.79 Å². The van der Waals surface area contributed by atoms with Crippen molar-refractivity contribution >= 4 is 5.84 Å². The Kier molecular flexibility index (Phi) is 3.29. The highest BCUT2D eigenvalue weighted by Crippen LogP contribution is 2.35. The molecule has 4 nitrogen and oxygen atoms in total. The van der Waals surface area contributed by atoms with E-state index in [0.29, 0.717) is 0 Å². The highest BCUT2D eigenvalue weighted by Gasteiger charge is 2.46. The van der Waals surface area contributed by atoms with Gasteiger partial charge in [-0.3, -0.25) is 4.99 Å². The van der Waals surface area contributed by atoms with Crippen molar-refractivity contribution in [1.82, 2.24) is 4.90 Å². The number of fused-ring (bicyclic) bond motifs is 1. The number of benzene rings is 1. The lowest BCUT2D eigenvalue weighted by atomic mass is 10.0. The van der Waals surface area contributed by atoms with Crippen molar-refractivity contribution in [2.75, 3.05) is 27.3 Å². The number of amidine groups is 1. The summed E-state index contributed by atoms with van der Waals surface area (Å²) in [5.41, 5.74) is 1.26. The average Bonchev–Trinajstić information content (AvgIpc) is 2.92. The summed E-state index contributed by atoms with van der Waals surface area (Å²) < 4.78 is 11.3. The first-order valence-corrected chi connectivity index (χ1v) is 6.77. The van der Waals surface area contributed by atoms with Crippen molar-refractivity contribution in [2.45, 2.75) is 24.7 Å². The van der Waals surface area contributed by atoms with E-state index in [-0.39, 0.29) is 6.04 Å². The van der Waals surface area contributed by atoms with Gasteiger partial charge in [-0.1, -0.05) is 30.3 Å². The number of piperidine rings is 1. The van der Waals surface area contributed by atoms with Crippen LogP contribution in [0.4, 0.5) is 0 Å². The third-order valence-electron chi connectivity index (χ3n) is 4.09. The molecule has 1 aromatic carbocycles. The number of methoxy groups -OCH3 is 2. The molecule has 0 saturated carbocycles. The van der Waals surface area contributed by atoms with E-state index in [1.165, 1.54) is 5.56 Å². The highest BCUT2D eigenvalue weighted by molar-refractivity contribution is 5.91. The predicted molar refractivity (Wildman–Crippen MR) is 74.2 cm³/mol. The van der Waals surface area contributed by atoms with Gasteiger partial charge in [-0.15, -0.1) is 0 Å². The topological polar surface area (TPSA) is 34.1 Å². The molecule has 102 valence electrons. The molecule has 2 heterocycles. The Morgan fingerprint density at radius 1 is 1.21 bits per heavy atom. The van der Waals surface area contributed by atoms with E-state index in [4.69, 9.17) is 14.5 Å². The third-order valence-corrected chi connectivity index (χ3v) is 4.09. The smallest absolute Gasteiger partial charge is 0.227 e. The lowest BCUT2D eigenvalue weighted by molar-refractivity contribution is -0.170. The molecule has 1 saturated heterocycles. The van der Waals surface area contributed by atoms with E-state index in [9.17, 15) is 0 Å². The predicted octanol–water partition coefficient (Wildman–Crippen LogP) is 2.22. The molecule has 2 aliphatic heterocycles. The van der Waals surface area contributed by atoms with Crippen molar-refractivity contribution in [3.8, 4) is 0 Å². The monoisotopic (exact) mass is 260 g/mol. The molecule has 0 amide bonds. The van der Waals surface area contributed by atoms with Crippen LogP contribution in [-0.4, -0.2) is 43.8 Å². The van der Waals surface area contributed by atoms with Crippen LogP contribution in [0.15, 0.2) is 35.3 Å². The summed E-state index contributed by atoms with van der Waals surface area (Å²) in [6.45, 7) is 1.96. The fourth-order valence-corrected chi connectivity index (χ4v) is 3.04. The minimum atomic E-state index is -0.651. The van der Waals surface area contributed by atoms with Crippen LogP contribution in [0.3, 0.4) is 0 Å². The fourth-order valence-electron chi connectivity index (χ4n) is 3.04. The molecular formula is C15H20N2O2. The lowest BCUT2D eigenvalue weighted by Crippen LogP contribution is -2.53. The standard InChI is InChI=1S/C15H20N2O2/c1-18-15(19-2)9-6-10-17-11-13(16-14(15)17)12-7-4-3-5-8-12/h3-5,7-8,13H,6,9-11H2,1-2H3/t13-/m1/s1. The Balaban J connectivity index is 1.92. The molecule has 1 aromatic rings. The molecular weight excluding hydrogens is 240 g/mol. The van der Waals surface area contributed by atoms with Gasteiger partial charge in [-0.2, -0.15) is 0 Å². The van der Waals surface area contributed by atoms with Crippen LogP contribution < -0.4 is 0 Å². The number of nitrogens with zero attached hydrogens (tertiary/aromatic N) is 2. The van der Waals surface area contributed by atoms with Gasteiger partial charge in [-0.05, 0) is 12.0 Å². The van der Waals surface area contributed by atoms with Gasteiger partial charge in [0.2, 0.25) is 5.79 Å². The van der Waals surface area contributed by atoms with Crippen LogP contribution in [0.5, 0.6) is 0 Å². The number of ether oxygens (including phenoxy) is 2. The normalized spacial score (nSPS) is 25.1. The van der Waals surface area contributed by atoms with Crippen LogP contribution in [0.1, 0.15) is 24.4 Å². The summed E-state index contributed by atoms with van der Waals surface area (Å²) in [4.78, 5) is 7.17. The minimum Gasteiger partial charge on any atom is -0.353 e. The second-order valence-electron chi connectivity index (χ2n) is 5.09. The maximum Gasteiger partial charge on any atom is 0.227 e. The second kappa shape index (κ2) is 4.94. The van der Waals surface area contributed by atoms with Crippen LogP contribution >= 0.6 is 0 Å². The quantitative estimate of drug-likeness (QED) is 0.782. The van der Waals surface area contributed by atoms with Crippen molar-refractivity contribution in [2.24, 2.45) is 4.99 Å². The SMILES string of the molecule is COC1(OC)CCCN2C[C@H](c3ccccc3)N=C21. The van der Waals surface area contributed by atoms with E-state index in [1.54, 1.807) is 14.2 Å². The van der Waals surface area contributed by atoms with Gasteiger partial charge in [0.15, 0.2) is 5.84 Å². The van der Waals surface area contributed by atoms with Gasteiger partial charge in [0.05, 0.1) is 6.04 Å². The summed E-state index contributed by atoms with van der Waals surface area (Å²) in [6.07, 6.45) is 1.94. The molecule has 0 spiro atoms. The van der Waals surface area contributed by atoms with E-state index in [0.717, 1.165) is 31.8 Å². The molecule has 0 N–H and O–H groups in total. The Bertz CT molecular complexity index is 468. The number of rotatable bonds is 3. The zero-order valence-corrected chi connectivity index (χ0v) is 11.5. The average molecular weight is 260 g/mol. The Labute approximate surface area is 114 Å². The molecule has 1 atom stereocenters. The van der Waals surface area contributed by atoms with Gasteiger partial charge in [0.1, 0.15) is 0 Å². The molecule has 2 aliphatic rings. The molecule has 3 rings (SSSR count). The fraction of sp³-hybridized carbons (Fsp3) is 0.533. The Morgan fingerprint density at radius 2 is 1.95 bits per heavy atom. The largest absolute Gasteiger partial charge is 0.353 e. The molecule has 0 aromatic heterocycles. The molecule has 4 heteroatoms. The summed E-state index contributed by atoms with van der Waals surface area (Å²) in [5, 5.41) is 0. The van der Waals surface area contributed by atoms with Crippen molar-refractivity contribution in [3.63, 3.8) is 0 Å². The van der Waals surface area contributed by atoms with Gasteiger partial charge in [0.25, 0.3) is 0 Å². The Hall–Kier alpha value is -1.39. The molecule has 0 unspecified atom stereocenters. The first kappa shape index (κ1) is 12.6. The number of hydrogen-bond donors (Lipinski definition) is 0. The van der Waals surface area contributed by atoms with E-state index in [1.807, 2.05) is 6.07 Å². The Morgan fingerprint density at radius 3 is 2.63 bits per heavy atom. The minimum absolute atomic E-state index is 0.193. The van der Waals surface area contributed by atoms with Crippen LogP contribution in [0.25, 0.3) is 0 Å². The zero-order valence-electron chi connectivity index (χ0n) is 11.5. The summed E-state index contributed by atoms with van der Waals surface area (Å²) in [6, 6.07) is 10.6. The molecule has 19 heavy (non-hydrogen) atoms. The van der Waals surface area contributed by atoms with E-state index >= 15 is 0 Å². The summed E-state index contributed by atoms with van der Waals surface area (Å²) in [7, 11) is 3.40.